The van der Waals surface area contributed by atoms with E-state index in [1.165, 1.54) is 12.8 Å². The minimum absolute atomic E-state index is 0.0349. The van der Waals surface area contributed by atoms with Crippen molar-refractivity contribution in [1.82, 2.24) is 15.1 Å². The number of aromatic nitrogens is 2. The van der Waals surface area contributed by atoms with Crippen molar-refractivity contribution in [3.63, 3.8) is 0 Å². The maximum atomic E-state index is 12.9. The highest BCUT2D eigenvalue weighted by molar-refractivity contribution is 6.04. The summed E-state index contributed by atoms with van der Waals surface area (Å²) in [6.07, 6.45) is 4.69. The molecule has 5 nitrogen and oxygen atoms in total. The smallest absolute Gasteiger partial charge is 0.275 e. The van der Waals surface area contributed by atoms with Crippen molar-refractivity contribution in [2.24, 2.45) is 0 Å². The predicted octanol–water partition coefficient (Wildman–Crippen LogP) is 2.35. The fraction of sp³-hybridized carbons (Fsp3) is 0.500. The Morgan fingerprint density at radius 2 is 2.14 bits per heavy atom. The molecule has 0 bridgehead atoms. The standard InChI is InChI=1S/C16H19N3O2/c20-16(15-11-5-1-2-6-12(11)17-18-15)19-9-10-21-14-8-4-3-7-13(14)19/h1-2,5-6,13-14H,3-4,7-10H2,(H,17,18). The van der Waals surface area contributed by atoms with Gasteiger partial charge >= 0.3 is 0 Å². The molecule has 2 heterocycles. The van der Waals surface area contributed by atoms with Gasteiger partial charge in [0.1, 0.15) is 0 Å². The molecule has 2 fully saturated rings. The average Bonchev–Trinajstić information content (AvgIpc) is 2.98. The quantitative estimate of drug-likeness (QED) is 0.875. The number of H-pyrrole nitrogens is 1. The van der Waals surface area contributed by atoms with Gasteiger partial charge in [0, 0.05) is 11.9 Å². The maximum absolute atomic E-state index is 12.9. The summed E-state index contributed by atoms with van der Waals surface area (Å²) in [5, 5.41) is 8.11. The van der Waals surface area contributed by atoms with Crippen LogP contribution in [0.2, 0.25) is 0 Å². The van der Waals surface area contributed by atoms with Crippen molar-refractivity contribution in [2.75, 3.05) is 13.2 Å². The van der Waals surface area contributed by atoms with Gasteiger partial charge in [-0.1, -0.05) is 31.0 Å². The van der Waals surface area contributed by atoms with Crippen LogP contribution < -0.4 is 0 Å². The first-order valence-electron chi connectivity index (χ1n) is 7.70. The number of carbonyl (C=O) groups excluding carboxylic acids is 1. The number of ether oxygens (including phenoxy) is 1. The van der Waals surface area contributed by atoms with Gasteiger partial charge in [-0.2, -0.15) is 5.10 Å². The minimum atomic E-state index is 0.0349. The van der Waals surface area contributed by atoms with Crippen molar-refractivity contribution in [1.29, 1.82) is 0 Å². The van der Waals surface area contributed by atoms with Gasteiger partial charge in [-0.15, -0.1) is 0 Å². The maximum Gasteiger partial charge on any atom is 0.275 e. The Morgan fingerprint density at radius 3 is 3.10 bits per heavy atom. The van der Waals surface area contributed by atoms with Crippen molar-refractivity contribution in [2.45, 2.75) is 37.8 Å². The minimum Gasteiger partial charge on any atom is -0.374 e. The Bertz CT molecular complexity index is 664. The topological polar surface area (TPSA) is 58.2 Å². The number of para-hydroxylation sites is 1. The summed E-state index contributed by atoms with van der Waals surface area (Å²) in [6, 6.07) is 8.00. The third kappa shape index (κ3) is 2.12. The second-order valence-corrected chi connectivity index (χ2v) is 5.88. The highest BCUT2D eigenvalue weighted by Crippen LogP contribution is 2.30. The van der Waals surface area contributed by atoms with Crippen LogP contribution in [0, 0.1) is 0 Å². The van der Waals surface area contributed by atoms with E-state index in [0.717, 1.165) is 23.7 Å². The zero-order valence-corrected chi connectivity index (χ0v) is 11.9. The van der Waals surface area contributed by atoms with Gasteiger partial charge in [-0.3, -0.25) is 9.89 Å². The van der Waals surface area contributed by atoms with Crippen LogP contribution in [0.25, 0.3) is 10.9 Å². The lowest BCUT2D eigenvalue weighted by Gasteiger charge is -2.43. The van der Waals surface area contributed by atoms with Gasteiger partial charge in [0.15, 0.2) is 5.69 Å². The van der Waals surface area contributed by atoms with Gasteiger partial charge in [-0.25, -0.2) is 0 Å². The molecule has 2 aromatic rings. The molecule has 2 atom stereocenters. The Hall–Kier alpha value is -1.88. The van der Waals surface area contributed by atoms with Gasteiger partial charge in [0.25, 0.3) is 5.91 Å². The van der Waals surface area contributed by atoms with E-state index >= 15 is 0 Å². The first-order chi connectivity index (χ1) is 10.3. The summed E-state index contributed by atoms with van der Waals surface area (Å²) < 4.78 is 5.85. The molecule has 21 heavy (non-hydrogen) atoms. The van der Waals surface area contributed by atoms with E-state index < -0.39 is 0 Å². The number of hydrogen-bond donors (Lipinski definition) is 1. The number of morpholine rings is 1. The molecule has 1 saturated heterocycles. The van der Waals surface area contributed by atoms with E-state index in [2.05, 4.69) is 10.2 Å². The van der Waals surface area contributed by atoms with E-state index in [-0.39, 0.29) is 18.1 Å². The van der Waals surface area contributed by atoms with E-state index in [0.29, 0.717) is 18.8 Å². The Morgan fingerprint density at radius 1 is 1.29 bits per heavy atom. The van der Waals surface area contributed by atoms with Crippen molar-refractivity contribution >= 4 is 16.8 Å². The zero-order chi connectivity index (χ0) is 14.2. The fourth-order valence-electron chi connectivity index (χ4n) is 3.61. The number of benzene rings is 1. The van der Waals surface area contributed by atoms with Crippen molar-refractivity contribution in [3.05, 3.63) is 30.0 Å². The molecule has 1 aromatic carbocycles. The summed E-state index contributed by atoms with van der Waals surface area (Å²) in [4.78, 5) is 14.9. The molecule has 110 valence electrons. The first kappa shape index (κ1) is 12.8. The molecule has 0 spiro atoms. The monoisotopic (exact) mass is 285 g/mol. The Balaban J connectivity index is 1.67. The van der Waals surface area contributed by atoms with Crippen LogP contribution in [0.1, 0.15) is 36.2 Å². The summed E-state index contributed by atoms with van der Waals surface area (Å²) in [7, 11) is 0. The predicted molar refractivity (Wildman–Crippen MR) is 79.1 cm³/mol. The molecule has 1 aliphatic heterocycles. The molecular weight excluding hydrogens is 266 g/mol. The van der Waals surface area contributed by atoms with E-state index in [9.17, 15) is 4.79 Å². The highest BCUT2D eigenvalue weighted by Gasteiger charge is 2.37. The van der Waals surface area contributed by atoms with Crippen molar-refractivity contribution in [3.8, 4) is 0 Å². The molecule has 1 aliphatic carbocycles. The van der Waals surface area contributed by atoms with E-state index in [1.807, 2.05) is 29.2 Å². The second kappa shape index (κ2) is 5.15. The zero-order valence-electron chi connectivity index (χ0n) is 11.9. The lowest BCUT2D eigenvalue weighted by atomic mass is 9.90. The van der Waals surface area contributed by atoms with Gasteiger partial charge in [0.05, 0.1) is 24.3 Å². The average molecular weight is 285 g/mol. The largest absolute Gasteiger partial charge is 0.374 e. The number of carbonyl (C=O) groups is 1. The summed E-state index contributed by atoms with van der Waals surface area (Å²) in [6.45, 7) is 1.30. The van der Waals surface area contributed by atoms with Crippen LogP contribution >= 0.6 is 0 Å². The molecule has 0 radical (unpaired) electrons. The third-order valence-corrected chi connectivity index (χ3v) is 4.67. The van der Waals surface area contributed by atoms with Crippen LogP contribution in [0.15, 0.2) is 24.3 Å². The van der Waals surface area contributed by atoms with Gasteiger partial charge in [0.2, 0.25) is 0 Å². The Kier molecular flexibility index (Phi) is 3.15. The van der Waals surface area contributed by atoms with Crippen LogP contribution in [0.4, 0.5) is 0 Å². The Labute approximate surface area is 123 Å². The first-order valence-corrected chi connectivity index (χ1v) is 7.70. The van der Waals surface area contributed by atoms with Crippen molar-refractivity contribution < 1.29 is 9.53 Å². The third-order valence-electron chi connectivity index (χ3n) is 4.67. The number of rotatable bonds is 1. The number of hydrogen-bond acceptors (Lipinski definition) is 3. The van der Waals surface area contributed by atoms with Crippen LogP contribution in [-0.2, 0) is 4.74 Å². The molecule has 2 aliphatic rings. The molecule has 4 rings (SSSR count). The molecule has 1 aromatic heterocycles. The molecule has 1 N–H and O–H groups in total. The lowest BCUT2D eigenvalue weighted by Crippen LogP contribution is -2.54. The van der Waals surface area contributed by atoms with Gasteiger partial charge < -0.3 is 9.64 Å². The van der Waals surface area contributed by atoms with Crippen LogP contribution in [0.3, 0.4) is 0 Å². The van der Waals surface area contributed by atoms with Crippen LogP contribution in [0.5, 0.6) is 0 Å². The highest BCUT2D eigenvalue weighted by atomic mass is 16.5. The molecular formula is C16H19N3O2. The van der Waals surface area contributed by atoms with Crippen LogP contribution in [-0.4, -0.2) is 46.3 Å². The van der Waals surface area contributed by atoms with E-state index in [4.69, 9.17) is 4.74 Å². The second-order valence-electron chi connectivity index (χ2n) is 5.88. The molecule has 1 amide bonds. The van der Waals surface area contributed by atoms with E-state index in [1.54, 1.807) is 0 Å². The SMILES string of the molecule is O=C(c1n[nH]c2ccccc12)N1CCOC2CCCCC21. The molecule has 2 unspecified atom stereocenters. The number of nitrogens with zero attached hydrogens (tertiary/aromatic N) is 2. The number of aromatic amines is 1. The number of fused-ring (bicyclic) bond motifs is 2. The number of nitrogens with one attached hydrogen (secondary N) is 1. The summed E-state index contributed by atoms with van der Waals surface area (Å²) >= 11 is 0. The number of amides is 1. The molecule has 5 heteroatoms. The summed E-state index contributed by atoms with van der Waals surface area (Å²) in [5.41, 5.74) is 1.45. The van der Waals surface area contributed by atoms with Gasteiger partial charge in [-0.05, 0) is 18.9 Å². The fourth-order valence-corrected chi connectivity index (χ4v) is 3.61. The summed E-state index contributed by atoms with van der Waals surface area (Å²) in [5.74, 6) is 0.0349. The lowest BCUT2D eigenvalue weighted by molar-refractivity contribution is -0.0753. The normalized spacial score (nSPS) is 25.8. The molecule has 1 saturated carbocycles.